The van der Waals surface area contributed by atoms with Gasteiger partial charge in [-0.1, -0.05) is 84.4 Å². The van der Waals surface area contributed by atoms with Crippen LogP contribution in [0.2, 0.25) is 5.02 Å². The van der Waals surface area contributed by atoms with Crippen molar-refractivity contribution in [2.75, 3.05) is 17.4 Å². The second-order valence-corrected chi connectivity index (χ2v) is 12.8. The van der Waals surface area contributed by atoms with E-state index in [1.54, 1.807) is 49.4 Å². The van der Waals surface area contributed by atoms with E-state index in [2.05, 4.69) is 5.32 Å². The smallest absolute Gasteiger partial charge is 0.355 e. The van der Waals surface area contributed by atoms with Crippen molar-refractivity contribution < 1.29 is 31.2 Å². The Labute approximate surface area is 271 Å². The van der Waals surface area contributed by atoms with Gasteiger partial charge in [0.2, 0.25) is 11.8 Å². The number of amides is 2. The van der Waals surface area contributed by atoms with E-state index in [1.807, 2.05) is 25.1 Å². The number of nitrogens with one attached hydrogen (secondary N) is 1. The van der Waals surface area contributed by atoms with Gasteiger partial charge < -0.3 is 10.2 Å². The first-order valence-corrected chi connectivity index (χ1v) is 16.2. The zero-order valence-corrected chi connectivity index (χ0v) is 26.7. The van der Waals surface area contributed by atoms with Crippen molar-refractivity contribution in [3.05, 3.63) is 130 Å². The number of rotatable bonds is 12. The van der Waals surface area contributed by atoms with Gasteiger partial charge in [-0.3, -0.25) is 13.9 Å². The number of hydrogen-bond acceptors (Lipinski definition) is 4. The van der Waals surface area contributed by atoms with Gasteiger partial charge in [-0.25, -0.2) is 8.42 Å². The Morgan fingerprint density at radius 2 is 1.50 bits per heavy atom. The van der Waals surface area contributed by atoms with Crippen LogP contribution in [0.15, 0.2) is 108 Å². The minimum absolute atomic E-state index is 0.0617. The van der Waals surface area contributed by atoms with Gasteiger partial charge in [0.15, 0.2) is 0 Å². The van der Waals surface area contributed by atoms with Gasteiger partial charge >= 0.3 is 6.18 Å². The standard InChI is InChI=1S/C34H33ClF3N3O4S/c1-3-39-33(43)31(20-25-13-6-4-7-14-25)40(22-26-15-11-10-12-24(26)2)32(42)23-41(46(44,45)28-16-8-5-9-17-28)27-18-19-30(35)29(21-27)34(36,37)38/h4-19,21,31H,3,20,22-23H2,1-2H3,(H,39,43). The molecule has 7 nitrogen and oxygen atoms in total. The van der Waals surface area contributed by atoms with Crippen molar-refractivity contribution in [3.8, 4) is 0 Å². The molecule has 1 N–H and O–H groups in total. The zero-order chi connectivity index (χ0) is 33.5. The second kappa shape index (κ2) is 14.8. The highest BCUT2D eigenvalue weighted by Gasteiger charge is 2.37. The number of carbonyl (C=O) groups excluding carboxylic acids is 2. The molecule has 0 aliphatic carbocycles. The summed E-state index contributed by atoms with van der Waals surface area (Å²) in [5.41, 5.74) is 0.621. The lowest BCUT2D eigenvalue weighted by Gasteiger charge is -2.34. The van der Waals surface area contributed by atoms with Crippen LogP contribution in [0, 0.1) is 6.92 Å². The SMILES string of the molecule is CCNC(=O)C(Cc1ccccc1)N(Cc1ccccc1C)C(=O)CN(c1ccc(Cl)c(C(F)(F)F)c1)S(=O)(=O)c1ccccc1. The highest BCUT2D eigenvalue weighted by molar-refractivity contribution is 7.92. The van der Waals surface area contributed by atoms with E-state index in [1.165, 1.54) is 29.2 Å². The van der Waals surface area contributed by atoms with E-state index in [9.17, 15) is 31.2 Å². The van der Waals surface area contributed by atoms with Gasteiger partial charge in [-0.15, -0.1) is 0 Å². The maximum Gasteiger partial charge on any atom is 0.417 e. The number of aryl methyl sites for hydroxylation is 1. The summed E-state index contributed by atoms with van der Waals surface area (Å²) < 4.78 is 70.3. The molecule has 0 heterocycles. The molecule has 0 aromatic heterocycles. The first-order valence-electron chi connectivity index (χ1n) is 14.4. The topological polar surface area (TPSA) is 86.8 Å². The minimum atomic E-state index is -4.89. The molecule has 2 amide bonds. The number of alkyl halides is 3. The average molecular weight is 672 g/mol. The average Bonchev–Trinajstić information content (AvgIpc) is 3.03. The van der Waals surface area contributed by atoms with E-state index in [-0.39, 0.29) is 24.4 Å². The van der Waals surface area contributed by atoms with E-state index < -0.39 is 56.9 Å². The van der Waals surface area contributed by atoms with Crippen molar-refractivity contribution in [2.24, 2.45) is 0 Å². The molecule has 0 fully saturated rings. The van der Waals surface area contributed by atoms with E-state index >= 15 is 0 Å². The molecule has 0 bridgehead atoms. The van der Waals surface area contributed by atoms with Gasteiger partial charge in [-0.05, 0) is 60.9 Å². The fourth-order valence-electron chi connectivity index (χ4n) is 4.95. The summed E-state index contributed by atoms with van der Waals surface area (Å²) in [4.78, 5) is 29.0. The second-order valence-electron chi connectivity index (χ2n) is 10.5. The Morgan fingerprint density at radius 1 is 0.891 bits per heavy atom. The Hall–Kier alpha value is -4.35. The third kappa shape index (κ3) is 8.27. The van der Waals surface area contributed by atoms with Crippen molar-refractivity contribution in [2.45, 2.75) is 43.9 Å². The van der Waals surface area contributed by atoms with Crippen LogP contribution in [-0.4, -0.2) is 44.3 Å². The van der Waals surface area contributed by atoms with Crippen molar-refractivity contribution in [3.63, 3.8) is 0 Å². The highest BCUT2D eigenvalue weighted by atomic mass is 35.5. The normalized spacial score (nSPS) is 12.3. The largest absolute Gasteiger partial charge is 0.417 e. The maximum atomic E-state index is 14.4. The Balaban J connectivity index is 1.86. The van der Waals surface area contributed by atoms with Crippen molar-refractivity contribution in [1.29, 1.82) is 0 Å². The quantitative estimate of drug-likeness (QED) is 0.183. The molecule has 46 heavy (non-hydrogen) atoms. The molecule has 0 saturated heterocycles. The van der Waals surface area contributed by atoms with E-state index in [0.717, 1.165) is 23.3 Å². The molecule has 12 heteroatoms. The number of halogens is 4. The summed E-state index contributed by atoms with van der Waals surface area (Å²) in [5, 5.41) is 2.14. The molecule has 1 unspecified atom stereocenters. The lowest BCUT2D eigenvalue weighted by atomic mass is 10.0. The zero-order valence-electron chi connectivity index (χ0n) is 25.2. The first kappa shape index (κ1) is 34.5. The van der Waals surface area contributed by atoms with Gasteiger partial charge in [-0.2, -0.15) is 13.2 Å². The predicted molar refractivity (Wildman–Crippen MR) is 172 cm³/mol. The Morgan fingerprint density at radius 3 is 2.11 bits per heavy atom. The molecule has 0 aliphatic heterocycles. The van der Waals surface area contributed by atoms with E-state index in [0.29, 0.717) is 15.9 Å². The molecular formula is C34H33ClF3N3O4S. The molecule has 4 rings (SSSR count). The summed E-state index contributed by atoms with van der Waals surface area (Å²) in [6, 6.07) is 24.9. The molecule has 1 atom stereocenters. The first-order chi connectivity index (χ1) is 21.8. The van der Waals surface area contributed by atoms with E-state index in [4.69, 9.17) is 11.6 Å². The monoisotopic (exact) mass is 671 g/mol. The summed E-state index contributed by atoms with van der Waals surface area (Å²) in [7, 11) is -4.58. The number of likely N-dealkylation sites (N-methyl/N-ethyl adjacent to an activating group) is 1. The van der Waals surface area contributed by atoms with Gasteiger partial charge in [0.1, 0.15) is 12.6 Å². The number of carbonyl (C=O) groups is 2. The molecular weight excluding hydrogens is 639 g/mol. The van der Waals surface area contributed by atoms with Crippen LogP contribution in [-0.2, 0) is 38.8 Å². The van der Waals surface area contributed by atoms with Crippen LogP contribution in [0.5, 0.6) is 0 Å². The molecule has 4 aromatic carbocycles. The fourth-order valence-corrected chi connectivity index (χ4v) is 6.60. The summed E-state index contributed by atoms with van der Waals surface area (Å²) in [6.07, 6.45) is -4.79. The van der Waals surface area contributed by atoms with Gasteiger partial charge in [0.25, 0.3) is 10.0 Å². The number of nitrogens with zero attached hydrogens (tertiary/aromatic N) is 2. The molecule has 242 valence electrons. The molecule has 0 spiro atoms. The van der Waals surface area contributed by atoms with Crippen LogP contribution >= 0.6 is 11.6 Å². The lowest BCUT2D eigenvalue weighted by Crippen LogP contribution is -2.53. The van der Waals surface area contributed by atoms with Crippen LogP contribution < -0.4 is 9.62 Å². The summed E-state index contributed by atoms with van der Waals surface area (Å²) in [6.45, 7) is 2.89. The molecule has 0 aliphatic rings. The van der Waals surface area contributed by atoms with Crippen molar-refractivity contribution in [1.82, 2.24) is 10.2 Å². The number of sulfonamides is 1. The van der Waals surface area contributed by atoms with Crippen LogP contribution in [0.4, 0.5) is 18.9 Å². The molecule has 0 radical (unpaired) electrons. The molecule has 4 aromatic rings. The van der Waals surface area contributed by atoms with Crippen LogP contribution in [0.25, 0.3) is 0 Å². The minimum Gasteiger partial charge on any atom is -0.355 e. The highest BCUT2D eigenvalue weighted by Crippen LogP contribution is 2.38. The van der Waals surface area contributed by atoms with Gasteiger partial charge in [0.05, 0.1) is 21.2 Å². The fraction of sp³-hybridized carbons (Fsp3) is 0.235. The third-order valence-electron chi connectivity index (χ3n) is 7.38. The number of anilines is 1. The van der Waals surface area contributed by atoms with Crippen LogP contribution in [0.1, 0.15) is 29.2 Å². The Kier molecular flexibility index (Phi) is 11.1. The number of benzene rings is 4. The predicted octanol–water partition coefficient (Wildman–Crippen LogP) is 6.64. The van der Waals surface area contributed by atoms with Gasteiger partial charge in [0, 0.05) is 19.5 Å². The van der Waals surface area contributed by atoms with Crippen LogP contribution in [0.3, 0.4) is 0 Å². The summed E-state index contributed by atoms with van der Waals surface area (Å²) in [5.74, 6) is -1.25. The third-order valence-corrected chi connectivity index (χ3v) is 9.50. The van der Waals surface area contributed by atoms with Crippen molar-refractivity contribution >= 4 is 39.1 Å². The maximum absolute atomic E-state index is 14.4. The number of hydrogen-bond donors (Lipinski definition) is 1. The summed E-state index contributed by atoms with van der Waals surface area (Å²) >= 11 is 5.85. The lowest BCUT2D eigenvalue weighted by molar-refractivity contribution is -0.140. The Bertz CT molecular complexity index is 1770. The molecule has 0 saturated carbocycles.